The SMILES string of the molecule is CC1CCOC1C(O)c1cc2c(cc1Cl)NC(=O)C2. The smallest absolute Gasteiger partial charge is 0.228 e. The van der Waals surface area contributed by atoms with Gasteiger partial charge in [0.2, 0.25) is 5.91 Å². The minimum Gasteiger partial charge on any atom is -0.386 e. The van der Waals surface area contributed by atoms with Crippen molar-refractivity contribution >= 4 is 23.2 Å². The first-order chi connectivity index (χ1) is 9.06. The van der Waals surface area contributed by atoms with Crippen LogP contribution in [-0.4, -0.2) is 23.7 Å². The number of fused-ring (bicyclic) bond motifs is 1. The number of carbonyl (C=O) groups is 1. The molecule has 0 radical (unpaired) electrons. The Bertz CT molecular complexity index is 532. The van der Waals surface area contributed by atoms with Gasteiger partial charge in [0.25, 0.3) is 0 Å². The highest BCUT2D eigenvalue weighted by Gasteiger charge is 2.33. The van der Waals surface area contributed by atoms with Gasteiger partial charge in [0.1, 0.15) is 6.10 Å². The van der Waals surface area contributed by atoms with E-state index in [0.717, 1.165) is 17.7 Å². The van der Waals surface area contributed by atoms with Crippen LogP contribution < -0.4 is 5.32 Å². The molecule has 0 aliphatic carbocycles. The monoisotopic (exact) mass is 281 g/mol. The normalized spacial score (nSPS) is 27.2. The maximum atomic E-state index is 11.4. The molecule has 1 aromatic carbocycles. The molecule has 1 saturated heterocycles. The highest BCUT2D eigenvalue weighted by atomic mass is 35.5. The third kappa shape index (κ3) is 2.24. The molecule has 1 fully saturated rings. The van der Waals surface area contributed by atoms with Crippen LogP contribution in [0, 0.1) is 5.92 Å². The zero-order valence-corrected chi connectivity index (χ0v) is 11.4. The lowest BCUT2D eigenvalue weighted by molar-refractivity contribution is -0.115. The van der Waals surface area contributed by atoms with Crippen molar-refractivity contribution in [3.63, 3.8) is 0 Å². The molecule has 2 aliphatic rings. The second-order valence-electron chi connectivity index (χ2n) is 5.30. The van der Waals surface area contributed by atoms with Crippen LogP contribution in [-0.2, 0) is 16.0 Å². The quantitative estimate of drug-likeness (QED) is 0.874. The van der Waals surface area contributed by atoms with Crippen molar-refractivity contribution in [1.82, 2.24) is 0 Å². The van der Waals surface area contributed by atoms with Crippen molar-refractivity contribution in [2.24, 2.45) is 5.92 Å². The maximum absolute atomic E-state index is 11.4. The maximum Gasteiger partial charge on any atom is 0.228 e. The van der Waals surface area contributed by atoms with E-state index in [1.807, 2.05) is 6.07 Å². The fourth-order valence-electron chi connectivity index (χ4n) is 2.79. The van der Waals surface area contributed by atoms with Gasteiger partial charge in [-0.3, -0.25) is 4.79 Å². The number of anilines is 1. The van der Waals surface area contributed by atoms with Crippen LogP contribution in [0.15, 0.2) is 12.1 Å². The second-order valence-corrected chi connectivity index (χ2v) is 5.71. The van der Waals surface area contributed by atoms with Crippen LogP contribution in [0.25, 0.3) is 0 Å². The Balaban J connectivity index is 1.93. The van der Waals surface area contributed by atoms with Crippen LogP contribution >= 0.6 is 11.6 Å². The molecule has 0 bridgehead atoms. The number of hydrogen-bond donors (Lipinski definition) is 2. The van der Waals surface area contributed by atoms with E-state index in [1.54, 1.807) is 6.07 Å². The summed E-state index contributed by atoms with van der Waals surface area (Å²) in [4.78, 5) is 11.4. The third-order valence-electron chi connectivity index (χ3n) is 3.92. The van der Waals surface area contributed by atoms with Crippen LogP contribution in [0.2, 0.25) is 5.02 Å². The standard InChI is InChI=1S/C14H16ClNO3/c1-7-2-3-19-14(7)13(18)9-4-8-5-12(17)16-11(8)6-10(9)15/h4,6-7,13-14,18H,2-3,5H2,1H3,(H,16,17). The molecule has 1 aromatic rings. The Kier molecular flexibility index (Phi) is 3.25. The van der Waals surface area contributed by atoms with Gasteiger partial charge >= 0.3 is 0 Å². The van der Waals surface area contributed by atoms with Crippen molar-refractivity contribution in [1.29, 1.82) is 0 Å². The van der Waals surface area contributed by atoms with Gasteiger partial charge in [0.15, 0.2) is 0 Å². The van der Waals surface area contributed by atoms with E-state index in [0.29, 0.717) is 29.5 Å². The summed E-state index contributed by atoms with van der Waals surface area (Å²) in [6, 6.07) is 3.52. The first-order valence-electron chi connectivity index (χ1n) is 6.48. The molecule has 2 N–H and O–H groups in total. The molecule has 5 heteroatoms. The molecule has 19 heavy (non-hydrogen) atoms. The summed E-state index contributed by atoms with van der Waals surface area (Å²) in [5.74, 6) is 0.266. The van der Waals surface area contributed by atoms with Gasteiger partial charge in [-0.05, 0) is 30.0 Å². The summed E-state index contributed by atoms with van der Waals surface area (Å²) in [5.41, 5.74) is 2.27. The number of carbonyl (C=O) groups excluding carboxylic acids is 1. The van der Waals surface area contributed by atoms with E-state index in [9.17, 15) is 9.90 Å². The molecule has 3 unspecified atom stereocenters. The van der Waals surface area contributed by atoms with Gasteiger partial charge in [-0.15, -0.1) is 0 Å². The lowest BCUT2D eigenvalue weighted by Crippen LogP contribution is -2.23. The van der Waals surface area contributed by atoms with E-state index >= 15 is 0 Å². The molecule has 3 atom stereocenters. The Morgan fingerprint density at radius 1 is 1.53 bits per heavy atom. The highest BCUT2D eigenvalue weighted by molar-refractivity contribution is 6.32. The number of nitrogens with one attached hydrogen (secondary N) is 1. The molecule has 4 nitrogen and oxygen atoms in total. The summed E-state index contributed by atoms with van der Waals surface area (Å²) in [5, 5.41) is 13.7. The fourth-order valence-corrected chi connectivity index (χ4v) is 3.07. The number of halogens is 1. The van der Waals surface area contributed by atoms with Crippen LogP contribution in [0.4, 0.5) is 5.69 Å². The molecule has 2 aliphatic heterocycles. The summed E-state index contributed by atoms with van der Waals surface area (Å²) in [6.45, 7) is 2.73. The van der Waals surface area contributed by atoms with Crippen molar-refractivity contribution in [2.45, 2.75) is 32.0 Å². The molecule has 0 spiro atoms. The molecule has 2 heterocycles. The lowest BCUT2D eigenvalue weighted by Gasteiger charge is -2.23. The van der Waals surface area contributed by atoms with E-state index in [1.165, 1.54) is 0 Å². The van der Waals surface area contributed by atoms with Crippen molar-refractivity contribution in [3.05, 3.63) is 28.3 Å². The van der Waals surface area contributed by atoms with E-state index in [4.69, 9.17) is 16.3 Å². The van der Waals surface area contributed by atoms with Gasteiger partial charge < -0.3 is 15.2 Å². The highest BCUT2D eigenvalue weighted by Crippen LogP contribution is 2.38. The lowest BCUT2D eigenvalue weighted by atomic mass is 9.93. The zero-order valence-electron chi connectivity index (χ0n) is 10.6. The summed E-state index contributed by atoms with van der Waals surface area (Å²) < 4.78 is 5.59. The van der Waals surface area contributed by atoms with Gasteiger partial charge in [-0.1, -0.05) is 18.5 Å². The first-order valence-corrected chi connectivity index (χ1v) is 6.86. The van der Waals surface area contributed by atoms with Crippen LogP contribution in [0.3, 0.4) is 0 Å². The molecule has 0 saturated carbocycles. The van der Waals surface area contributed by atoms with Crippen LogP contribution in [0.5, 0.6) is 0 Å². The number of aliphatic hydroxyl groups is 1. The molecular formula is C14H16ClNO3. The first kappa shape index (κ1) is 12.9. The minimum atomic E-state index is -0.744. The van der Waals surface area contributed by atoms with Gasteiger partial charge in [-0.2, -0.15) is 0 Å². The average Bonchev–Trinajstić information content (AvgIpc) is 2.92. The van der Waals surface area contributed by atoms with E-state index in [-0.39, 0.29) is 12.0 Å². The minimum absolute atomic E-state index is 0.0387. The van der Waals surface area contributed by atoms with Crippen LogP contribution in [0.1, 0.15) is 30.6 Å². The number of ether oxygens (including phenoxy) is 1. The number of rotatable bonds is 2. The van der Waals surface area contributed by atoms with E-state index < -0.39 is 6.10 Å². The summed E-state index contributed by atoms with van der Waals surface area (Å²) in [7, 11) is 0. The van der Waals surface area contributed by atoms with Gasteiger partial charge in [0.05, 0.1) is 12.5 Å². The predicted octanol–water partition coefficient (Wildman–Crippen LogP) is 2.29. The molecular weight excluding hydrogens is 266 g/mol. The fraction of sp³-hybridized carbons (Fsp3) is 0.500. The summed E-state index contributed by atoms with van der Waals surface area (Å²) >= 11 is 6.21. The topological polar surface area (TPSA) is 58.6 Å². The molecule has 0 aromatic heterocycles. The molecule has 3 rings (SSSR count). The number of amides is 1. The zero-order chi connectivity index (χ0) is 13.6. The summed E-state index contributed by atoms with van der Waals surface area (Å²) in [6.07, 6.45) is 0.323. The Morgan fingerprint density at radius 3 is 3.00 bits per heavy atom. The number of benzene rings is 1. The van der Waals surface area contributed by atoms with Crippen molar-refractivity contribution < 1.29 is 14.6 Å². The Morgan fingerprint density at radius 2 is 2.32 bits per heavy atom. The number of hydrogen-bond acceptors (Lipinski definition) is 3. The predicted molar refractivity (Wildman–Crippen MR) is 72.3 cm³/mol. The van der Waals surface area contributed by atoms with Gasteiger partial charge in [-0.25, -0.2) is 0 Å². The van der Waals surface area contributed by atoms with Crippen molar-refractivity contribution in [2.75, 3.05) is 11.9 Å². The van der Waals surface area contributed by atoms with Crippen molar-refractivity contribution in [3.8, 4) is 0 Å². The van der Waals surface area contributed by atoms with E-state index in [2.05, 4.69) is 12.2 Å². The van der Waals surface area contributed by atoms with Gasteiger partial charge in [0, 0.05) is 22.9 Å². The largest absolute Gasteiger partial charge is 0.386 e. The third-order valence-corrected chi connectivity index (χ3v) is 4.25. The average molecular weight is 282 g/mol. The molecule has 102 valence electrons. The second kappa shape index (κ2) is 4.78. The Hall–Kier alpha value is -1.10. The number of aliphatic hydroxyl groups excluding tert-OH is 1. The molecule has 1 amide bonds. The Labute approximate surface area is 116 Å².